The second kappa shape index (κ2) is 9.64. The monoisotopic (exact) mass is 194 g/mol. The quantitative estimate of drug-likeness (QED) is 0.554. The molecule has 3 nitrogen and oxygen atoms in total. The van der Waals surface area contributed by atoms with Gasteiger partial charge in [0, 0.05) is 0 Å². The fourth-order valence-electron chi connectivity index (χ4n) is 0.715. The van der Waals surface area contributed by atoms with Crippen LogP contribution in [0.15, 0.2) is 36.4 Å². The zero-order valence-corrected chi connectivity index (χ0v) is 7.84. The van der Waals surface area contributed by atoms with Gasteiger partial charge in [0.2, 0.25) is 0 Å². The number of carbonyl (C=O) groups is 1. The predicted octanol–water partition coefficient (Wildman–Crippen LogP) is 0.870. The Balaban J connectivity index is 0.000000364. The smallest absolute Gasteiger partial charge is 0.142 e. The van der Waals surface area contributed by atoms with Crippen LogP contribution in [-0.4, -0.2) is 29.7 Å². The molecular weight excluding hydrogens is 180 g/mol. The van der Waals surface area contributed by atoms with Gasteiger partial charge in [-0.25, -0.2) is 0 Å². The van der Waals surface area contributed by atoms with Crippen molar-refractivity contribution in [3.05, 3.63) is 42.0 Å². The van der Waals surface area contributed by atoms with Crippen molar-refractivity contribution in [1.29, 1.82) is 0 Å². The first-order valence-electron chi connectivity index (χ1n) is 4.23. The third kappa shape index (κ3) is 7.21. The largest absolute Gasteiger partial charge is 0.394 e. The molecule has 76 valence electrons. The fraction of sp³-hybridized carbons (Fsp3) is 0.182. The molecule has 0 amide bonds. The molecule has 0 aromatic heterocycles. The van der Waals surface area contributed by atoms with Gasteiger partial charge in [-0.1, -0.05) is 36.4 Å². The first-order chi connectivity index (χ1) is 6.85. The highest BCUT2D eigenvalue weighted by Gasteiger charge is 1.79. The van der Waals surface area contributed by atoms with Gasteiger partial charge in [0.15, 0.2) is 0 Å². The van der Waals surface area contributed by atoms with E-state index in [0.29, 0.717) is 0 Å². The fourth-order valence-corrected chi connectivity index (χ4v) is 0.715. The number of aliphatic hydroxyl groups excluding tert-OH is 2. The van der Waals surface area contributed by atoms with Crippen molar-refractivity contribution in [2.24, 2.45) is 0 Å². The maximum Gasteiger partial charge on any atom is 0.142 e. The number of rotatable bonds is 3. The summed E-state index contributed by atoms with van der Waals surface area (Å²) in [5.74, 6) is 0. The van der Waals surface area contributed by atoms with Gasteiger partial charge in [0.1, 0.15) is 6.29 Å². The number of hydrogen-bond acceptors (Lipinski definition) is 3. The van der Waals surface area contributed by atoms with Crippen LogP contribution in [0.3, 0.4) is 0 Å². The molecule has 1 aromatic carbocycles. The molecule has 0 radical (unpaired) electrons. The summed E-state index contributed by atoms with van der Waals surface area (Å²) in [5.41, 5.74) is 1.05. The second-order valence-electron chi connectivity index (χ2n) is 2.35. The topological polar surface area (TPSA) is 57.5 Å². The van der Waals surface area contributed by atoms with E-state index in [0.717, 1.165) is 11.8 Å². The van der Waals surface area contributed by atoms with Crippen LogP contribution >= 0.6 is 0 Å². The van der Waals surface area contributed by atoms with Crippen LogP contribution in [0.25, 0.3) is 6.08 Å². The maximum atomic E-state index is 9.89. The number of benzene rings is 1. The Bertz CT molecular complexity index is 252. The summed E-state index contributed by atoms with van der Waals surface area (Å²) < 4.78 is 0. The van der Waals surface area contributed by atoms with E-state index in [1.165, 1.54) is 6.08 Å². The molecule has 0 heterocycles. The van der Waals surface area contributed by atoms with Crippen molar-refractivity contribution >= 4 is 12.4 Å². The Morgan fingerprint density at radius 1 is 1.07 bits per heavy atom. The lowest BCUT2D eigenvalue weighted by Crippen LogP contribution is -1.85. The summed E-state index contributed by atoms with van der Waals surface area (Å²) >= 11 is 0. The summed E-state index contributed by atoms with van der Waals surface area (Å²) in [6.45, 7) is -0.250. The Morgan fingerprint density at radius 3 is 2.07 bits per heavy atom. The van der Waals surface area contributed by atoms with E-state index >= 15 is 0 Å². The summed E-state index contributed by atoms with van der Waals surface area (Å²) in [7, 11) is 0. The van der Waals surface area contributed by atoms with Gasteiger partial charge in [-0.05, 0) is 11.6 Å². The van der Waals surface area contributed by atoms with Crippen molar-refractivity contribution in [1.82, 2.24) is 0 Å². The molecule has 0 aliphatic heterocycles. The normalized spacial score (nSPS) is 9.29. The molecule has 0 aliphatic carbocycles. The van der Waals surface area contributed by atoms with E-state index in [9.17, 15) is 4.79 Å². The first kappa shape index (κ1) is 12.6. The van der Waals surface area contributed by atoms with Crippen LogP contribution in [0.1, 0.15) is 5.56 Å². The molecule has 0 saturated carbocycles. The van der Waals surface area contributed by atoms with Crippen molar-refractivity contribution in [3.63, 3.8) is 0 Å². The van der Waals surface area contributed by atoms with Gasteiger partial charge in [0.05, 0.1) is 13.2 Å². The summed E-state index contributed by atoms with van der Waals surface area (Å²) in [4.78, 5) is 9.89. The molecular formula is C11H14O3. The number of aldehydes is 1. The molecule has 0 atom stereocenters. The third-order valence-corrected chi connectivity index (χ3v) is 1.27. The van der Waals surface area contributed by atoms with Crippen molar-refractivity contribution in [3.8, 4) is 0 Å². The summed E-state index contributed by atoms with van der Waals surface area (Å²) in [6.07, 6.45) is 4.02. The van der Waals surface area contributed by atoms with Gasteiger partial charge >= 0.3 is 0 Å². The minimum absolute atomic E-state index is 0.125. The maximum absolute atomic E-state index is 9.89. The van der Waals surface area contributed by atoms with Gasteiger partial charge in [-0.3, -0.25) is 4.79 Å². The van der Waals surface area contributed by atoms with Crippen molar-refractivity contribution in [2.45, 2.75) is 0 Å². The molecule has 0 spiro atoms. The molecule has 3 heteroatoms. The molecule has 1 aromatic rings. The highest BCUT2D eigenvalue weighted by Crippen LogP contribution is 1.99. The Kier molecular flexibility index (Phi) is 8.64. The number of hydrogen-bond donors (Lipinski definition) is 2. The van der Waals surface area contributed by atoms with Crippen LogP contribution in [-0.2, 0) is 4.79 Å². The van der Waals surface area contributed by atoms with E-state index in [2.05, 4.69) is 0 Å². The lowest BCUT2D eigenvalue weighted by molar-refractivity contribution is -0.104. The zero-order chi connectivity index (χ0) is 10.6. The molecule has 0 fully saturated rings. The van der Waals surface area contributed by atoms with Crippen LogP contribution in [0.4, 0.5) is 0 Å². The Hall–Kier alpha value is -1.45. The number of carbonyl (C=O) groups excluding carboxylic acids is 1. The van der Waals surface area contributed by atoms with E-state index in [1.807, 2.05) is 30.3 Å². The van der Waals surface area contributed by atoms with Gasteiger partial charge in [-0.2, -0.15) is 0 Å². The van der Waals surface area contributed by atoms with E-state index in [-0.39, 0.29) is 13.2 Å². The lowest BCUT2D eigenvalue weighted by atomic mass is 10.2. The van der Waals surface area contributed by atoms with Crippen LogP contribution < -0.4 is 0 Å². The molecule has 0 bridgehead atoms. The van der Waals surface area contributed by atoms with E-state index < -0.39 is 0 Å². The molecule has 0 unspecified atom stereocenters. The molecule has 2 N–H and O–H groups in total. The lowest BCUT2D eigenvalue weighted by Gasteiger charge is -1.86. The van der Waals surface area contributed by atoms with E-state index in [4.69, 9.17) is 10.2 Å². The summed E-state index contributed by atoms with van der Waals surface area (Å²) in [5, 5.41) is 15.2. The second-order valence-corrected chi connectivity index (χ2v) is 2.35. The predicted molar refractivity (Wildman–Crippen MR) is 55.7 cm³/mol. The van der Waals surface area contributed by atoms with Gasteiger partial charge in [0.25, 0.3) is 0 Å². The number of allylic oxidation sites excluding steroid dienone is 1. The summed E-state index contributed by atoms with van der Waals surface area (Å²) in [6, 6.07) is 9.70. The Morgan fingerprint density at radius 2 is 1.64 bits per heavy atom. The third-order valence-electron chi connectivity index (χ3n) is 1.27. The number of aliphatic hydroxyl groups is 2. The minimum atomic E-state index is -0.125. The van der Waals surface area contributed by atoms with Crippen LogP contribution in [0.2, 0.25) is 0 Å². The standard InChI is InChI=1S/C9H8O.C2H6O2/c10-8-4-7-9-5-2-1-3-6-9;3-1-2-4/h1-8H;3-4H,1-2H2/b7-4-;. The van der Waals surface area contributed by atoms with E-state index in [1.54, 1.807) is 6.08 Å². The average molecular weight is 194 g/mol. The van der Waals surface area contributed by atoms with Crippen LogP contribution in [0.5, 0.6) is 0 Å². The van der Waals surface area contributed by atoms with Crippen LogP contribution in [0, 0.1) is 0 Å². The van der Waals surface area contributed by atoms with Crippen molar-refractivity contribution < 1.29 is 15.0 Å². The van der Waals surface area contributed by atoms with Gasteiger partial charge in [-0.15, -0.1) is 0 Å². The SMILES string of the molecule is O=C/C=C\c1ccccc1.OCCO. The average Bonchev–Trinajstić information content (AvgIpc) is 2.28. The molecule has 1 rings (SSSR count). The molecule has 0 saturated heterocycles. The zero-order valence-electron chi connectivity index (χ0n) is 7.84. The van der Waals surface area contributed by atoms with Crippen molar-refractivity contribution in [2.75, 3.05) is 13.2 Å². The minimum Gasteiger partial charge on any atom is -0.394 e. The molecule has 0 aliphatic rings. The molecule has 14 heavy (non-hydrogen) atoms. The highest BCUT2D eigenvalue weighted by atomic mass is 16.3. The highest BCUT2D eigenvalue weighted by molar-refractivity contribution is 5.73. The van der Waals surface area contributed by atoms with Gasteiger partial charge < -0.3 is 10.2 Å². The Labute approximate surface area is 83.3 Å². The first-order valence-corrected chi connectivity index (χ1v) is 4.23.